The fraction of sp³-hybridized carbons (Fsp3) is 0.818. The maximum absolute atomic E-state index is 11.6. The summed E-state index contributed by atoms with van der Waals surface area (Å²) in [6, 6.07) is -0.263. The van der Waals surface area contributed by atoms with E-state index < -0.39 is 0 Å². The van der Waals surface area contributed by atoms with Crippen molar-refractivity contribution in [1.29, 1.82) is 0 Å². The predicted octanol–water partition coefficient (Wildman–Crippen LogP) is 1.75. The SMILES string of the molecule is CC.CN(C)C(=O)N1CCCCC1C=O. The minimum atomic E-state index is -0.205. The van der Waals surface area contributed by atoms with E-state index in [2.05, 4.69) is 0 Å². The molecule has 0 saturated carbocycles. The number of aldehydes is 1. The third-order valence-corrected chi connectivity index (χ3v) is 2.33. The van der Waals surface area contributed by atoms with Crippen LogP contribution in [0, 0.1) is 0 Å². The molecule has 1 fully saturated rings. The van der Waals surface area contributed by atoms with E-state index in [1.807, 2.05) is 13.8 Å². The van der Waals surface area contributed by atoms with E-state index in [-0.39, 0.29) is 12.1 Å². The Morgan fingerprint density at radius 2 is 1.93 bits per heavy atom. The highest BCUT2D eigenvalue weighted by Crippen LogP contribution is 2.16. The number of hydrogen-bond donors (Lipinski definition) is 0. The normalized spacial score (nSPS) is 20.0. The standard InChI is InChI=1S/C9H16N2O2.C2H6/c1-10(2)9(13)11-6-4-3-5-8(11)7-12;1-2/h7-8H,3-6H2,1-2H3;1-2H3. The number of nitrogens with zero attached hydrogens (tertiary/aromatic N) is 2. The van der Waals surface area contributed by atoms with Crippen LogP contribution in [0.5, 0.6) is 0 Å². The summed E-state index contributed by atoms with van der Waals surface area (Å²) in [4.78, 5) is 25.4. The molecule has 0 bridgehead atoms. The van der Waals surface area contributed by atoms with E-state index in [9.17, 15) is 9.59 Å². The first kappa shape index (κ1) is 13.9. The maximum atomic E-state index is 11.6. The zero-order valence-electron chi connectivity index (χ0n) is 10.2. The average Bonchev–Trinajstić information content (AvgIpc) is 2.30. The third-order valence-electron chi connectivity index (χ3n) is 2.33. The Morgan fingerprint density at radius 1 is 1.33 bits per heavy atom. The molecule has 0 radical (unpaired) electrons. The van der Waals surface area contributed by atoms with Crippen LogP contribution in [0.15, 0.2) is 0 Å². The van der Waals surface area contributed by atoms with Gasteiger partial charge in [-0.2, -0.15) is 0 Å². The van der Waals surface area contributed by atoms with E-state index in [1.54, 1.807) is 19.0 Å². The number of amides is 2. The Morgan fingerprint density at radius 3 is 2.40 bits per heavy atom. The first-order valence-electron chi connectivity index (χ1n) is 5.60. The number of rotatable bonds is 1. The molecule has 1 heterocycles. The molecule has 2 amide bonds. The second kappa shape index (κ2) is 7.26. The van der Waals surface area contributed by atoms with Gasteiger partial charge < -0.3 is 14.6 Å². The van der Waals surface area contributed by atoms with E-state index in [0.29, 0.717) is 6.54 Å². The van der Waals surface area contributed by atoms with E-state index in [1.165, 1.54) is 4.90 Å². The maximum Gasteiger partial charge on any atom is 0.320 e. The lowest BCUT2D eigenvalue weighted by Gasteiger charge is -2.34. The fourth-order valence-electron chi connectivity index (χ4n) is 1.59. The largest absolute Gasteiger partial charge is 0.331 e. The minimum Gasteiger partial charge on any atom is -0.331 e. The van der Waals surface area contributed by atoms with E-state index >= 15 is 0 Å². The van der Waals surface area contributed by atoms with Gasteiger partial charge in [-0.25, -0.2) is 4.79 Å². The molecule has 1 aliphatic rings. The molecule has 1 unspecified atom stereocenters. The molecule has 4 heteroatoms. The molecule has 0 aromatic carbocycles. The molecular weight excluding hydrogens is 192 g/mol. The Bertz CT molecular complexity index is 205. The number of likely N-dealkylation sites (tertiary alicyclic amines) is 1. The second-order valence-corrected chi connectivity index (χ2v) is 3.57. The van der Waals surface area contributed by atoms with Crippen LogP contribution in [0.1, 0.15) is 33.1 Å². The van der Waals surface area contributed by atoms with Crippen molar-refractivity contribution in [3.05, 3.63) is 0 Å². The van der Waals surface area contributed by atoms with Gasteiger partial charge in [0.05, 0.1) is 6.04 Å². The van der Waals surface area contributed by atoms with E-state index in [4.69, 9.17) is 0 Å². The number of urea groups is 1. The van der Waals surface area contributed by atoms with Crippen LogP contribution in [0.4, 0.5) is 4.79 Å². The van der Waals surface area contributed by atoms with Crippen LogP contribution in [-0.4, -0.2) is 48.8 Å². The lowest BCUT2D eigenvalue weighted by Crippen LogP contribution is -2.48. The summed E-state index contributed by atoms with van der Waals surface area (Å²) in [5, 5.41) is 0. The van der Waals surface area contributed by atoms with Crippen molar-refractivity contribution < 1.29 is 9.59 Å². The molecule has 1 saturated heterocycles. The molecule has 88 valence electrons. The molecule has 1 atom stereocenters. The number of carbonyl (C=O) groups is 2. The molecule has 0 aromatic rings. The predicted molar refractivity (Wildman–Crippen MR) is 60.8 cm³/mol. The third kappa shape index (κ3) is 3.90. The Kier molecular flexibility index (Phi) is 6.75. The van der Waals surface area contributed by atoms with Gasteiger partial charge in [0.15, 0.2) is 0 Å². The average molecular weight is 214 g/mol. The molecule has 4 nitrogen and oxygen atoms in total. The Labute approximate surface area is 92.2 Å². The zero-order chi connectivity index (χ0) is 11.8. The summed E-state index contributed by atoms with van der Waals surface area (Å²) in [5.74, 6) is 0. The second-order valence-electron chi connectivity index (χ2n) is 3.57. The van der Waals surface area contributed by atoms with Crippen molar-refractivity contribution in [3.63, 3.8) is 0 Å². The van der Waals surface area contributed by atoms with Gasteiger partial charge in [-0.05, 0) is 19.3 Å². The van der Waals surface area contributed by atoms with Gasteiger partial charge in [-0.1, -0.05) is 13.8 Å². The van der Waals surface area contributed by atoms with Crippen molar-refractivity contribution >= 4 is 12.3 Å². The summed E-state index contributed by atoms with van der Waals surface area (Å²) in [6.07, 6.45) is 3.73. The number of carbonyl (C=O) groups excluding carboxylic acids is 2. The van der Waals surface area contributed by atoms with Crippen LogP contribution in [-0.2, 0) is 4.79 Å². The number of piperidine rings is 1. The lowest BCUT2D eigenvalue weighted by molar-refractivity contribution is -0.112. The van der Waals surface area contributed by atoms with Gasteiger partial charge in [0.25, 0.3) is 0 Å². The Balaban J connectivity index is 0.000000921. The van der Waals surface area contributed by atoms with Crippen molar-refractivity contribution in [3.8, 4) is 0 Å². The molecule has 1 aliphatic heterocycles. The van der Waals surface area contributed by atoms with Gasteiger partial charge in [-0.3, -0.25) is 0 Å². The van der Waals surface area contributed by atoms with Gasteiger partial charge in [-0.15, -0.1) is 0 Å². The molecule has 0 aliphatic carbocycles. The minimum absolute atomic E-state index is 0.0585. The van der Waals surface area contributed by atoms with Crippen molar-refractivity contribution in [1.82, 2.24) is 9.80 Å². The monoisotopic (exact) mass is 214 g/mol. The quantitative estimate of drug-likeness (QED) is 0.624. The summed E-state index contributed by atoms with van der Waals surface area (Å²) in [6.45, 7) is 4.71. The van der Waals surface area contributed by atoms with Crippen molar-refractivity contribution in [2.45, 2.75) is 39.2 Å². The molecule has 0 N–H and O–H groups in total. The molecule has 0 aromatic heterocycles. The van der Waals surface area contributed by atoms with E-state index in [0.717, 1.165) is 25.5 Å². The van der Waals surface area contributed by atoms with Gasteiger partial charge >= 0.3 is 6.03 Å². The summed E-state index contributed by atoms with van der Waals surface area (Å²) in [7, 11) is 3.41. The van der Waals surface area contributed by atoms with Crippen LogP contribution in [0.25, 0.3) is 0 Å². The number of hydrogen-bond acceptors (Lipinski definition) is 2. The van der Waals surface area contributed by atoms with Crippen LogP contribution in [0.2, 0.25) is 0 Å². The lowest BCUT2D eigenvalue weighted by atomic mass is 10.0. The molecule has 1 rings (SSSR count). The highest BCUT2D eigenvalue weighted by Gasteiger charge is 2.26. The zero-order valence-corrected chi connectivity index (χ0v) is 10.2. The summed E-state index contributed by atoms with van der Waals surface area (Å²) >= 11 is 0. The topological polar surface area (TPSA) is 40.6 Å². The van der Waals surface area contributed by atoms with Gasteiger partial charge in [0.1, 0.15) is 6.29 Å². The Hall–Kier alpha value is -1.06. The summed E-state index contributed by atoms with van der Waals surface area (Å²) in [5.41, 5.74) is 0. The fourth-order valence-corrected chi connectivity index (χ4v) is 1.59. The first-order valence-corrected chi connectivity index (χ1v) is 5.60. The van der Waals surface area contributed by atoms with Crippen LogP contribution < -0.4 is 0 Å². The van der Waals surface area contributed by atoms with Crippen molar-refractivity contribution in [2.24, 2.45) is 0 Å². The van der Waals surface area contributed by atoms with Gasteiger partial charge in [0, 0.05) is 20.6 Å². The smallest absolute Gasteiger partial charge is 0.320 e. The molecule has 0 spiro atoms. The van der Waals surface area contributed by atoms with Gasteiger partial charge in [0.2, 0.25) is 0 Å². The molecule has 15 heavy (non-hydrogen) atoms. The summed E-state index contributed by atoms with van der Waals surface area (Å²) < 4.78 is 0. The first-order chi connectivity index (χ1) is 7.16. The van der Waals surface area contributed by atoms with Crippen molar-refractivity contribution in [2.75, 3.05) is 20.6 Å². The highest BCUT2D eigenvalue weighted by atomic mass is 16.2. The highest BCUT2D eigenvalue weighted by molar-refractivity contribution is 5.78. The van der Waals surface area contributed by atoms with Crippen LogP contribution >= 0.6 is 0 Å². The van der Waals surface area contributed by atoms with Crippen LogP contribution in [0.3, 0.4) is 0 Å². The molecular formula is C11H22N2O2.